The van der Waals surface area contributed by atoms with E-state index in [0.717, 1.165) is 29.4 Å². The van der Waals surface area contributed by atoms with E-state index in [1.807, 2.05) is 0 Å². The highest BCUT2D eigenvalue weighted by atomic mass is 32.2. The van der Waals surface area contributed by atoms with Gasteiger partial charge in [0, 0.05) is 5.92 Å². The molecule has 7 heteroatoms. The Balaban J connectivity index is 2.06. The van der Waals surface area contributed by atoms with Gasteiger partial charge in [0.1, 0.15) is 10.0 Å². The van der Waals surface area contributed by atoms with E-state index in [0.29, 0.717) is 6.42 Å². The van der Waals surface area contributed by atoms with E-state index in [-0.39, 0.29) is 23.5 Å². The van der Waals surface area contributed by atoms with Crippen molar-refractivity contribution in [1.82, 2.24) is 15.5 Å². The van der Waals surface area contributed by atoms with Gasteiger partial charge in [-0.05, 0) is 25.8 Å². The average molecular weight is 303 g/mol. The number of sulfone groups is 1. The first-order valence-corrected chi connectivity index (χ1v) is 9.46. The van der Waals surface area contributed by atoms with E-state index in [1.165, 1.54) is 0 Å². The molecule has 2 unspecified atom stereocenters. The third-order valence-corrected chi connectivity index (χ3v) is 6.35. The summed E-state index contributed by atoms with van der Waals surface area (Å²) in [5.74, 6) is 0.582. The molecule has 1 aromatic heterocycles. The van der Waals surface area contributed by atoms with Gasteiger partial charge in [0.15, 0.2) is 9.84 Å². The van der Waals surface area contributed by atoms with Gasteiger partial charge in [-0.3, -0.25) is 0 Å². The van der Waals surface area contributed by atoms with Crippen molar-refractivity contribution < 1.29 is 8.42 Å². The van der Waals surface area contributed by atoms with Crippen LogP contribution in [0.25, 0.3) is 0 Å². The molecule has 0 radical (unpaired) electrons. The molecule has 1 aromatic rings. The maximum atomic E-state index is 11.5. The Morgan fingerprint density at radius 3 is 2.79 bits per heavy atom. The summed E-state index contributed by atoms with van der Waals surface area (Å²) >= 11 is 1.56. The molecule has 2 rings (SSSR count). The summed E-state index contributed by atoms with van der Waals surface area (Å²) in [5.41, 5.74) is 0. The van der Waals surface area contributed by atoms with Gasteiger partial charge < -0.3 is 5.32 Å². The molecular weight excluding hydrogens is 282 g/mol. The Labute approximate surface area is 118 Å². The average Bonchev–Trinajstić information content (AvgIpc) is 2.97. The highest BCUT2D eigenvalue weighted by Crippen LogP contribution is 2.32. The van der Waals surface area contributed by atoms with E-state index < -0.39 is 9.84 Å². The molecule has 1 fully saturated rings. The van der Waals surface area contributed by atoms with Crippen molar-refractivity contribution in [2.45, 2.75) is 45.1 Å². The fourth-order valence-electron chi connectivity index (χ4n) is 2.27. The van der Waals surface area contributed by atoms with Crippen LogP contribution in [-0.4, -0.2) is 36.7 Å². The minimum absolute atomic E-state index is 0.0555. The lowest BCUT2D eigenvalue weighted by molar-refractivity contribution is 0.512. The second kappa shape index (κ2) is 6.28. The van der Waals surface area contributed by atoms with Crippen LogP contribution in [0, 0.1) is 0 Å². The zero-order valence-corrected chi connectivity index (χ0v) is 13.1. The number of aromatic nitrogens is 2. The Kier molecular flexibility index (Phi) is 4.92. The number of rotatable bonds is 6. The van der Waals surface area contributed by atoms with Crippen LogP contribution in [0.15, 0.2) is 0 Å². The lowest BCUT2D eigenvalue weighted by Gasteiger charge is -2.12. The summed E-state index contributed by atoms with van der Waals surface area (Å²) in [7, 11) is -2.85. The second-order valence-electron chi connectivity index (χ2n) is 4.99. The monoisotopic (exact) mass is 303 g/mol. The normalized spacial score (nSPS) is 23.6. The molecule has 1 aliphatic heterocycles. The molecule has 0 spiro atoms. The maximum absolute atomic E-state index is 11.5. The Hall–Kier alpha value is -0.530. The zero-order chi connectivity index (χ0) is 13.9. The van der Waals surface area contributed by atoms with Crippen molar-refractivity contribution in [3.8, 4) is 0 Å². The molecule has 1 aliphatic rings. The molecule has 0 amide bonds. The molecular formula is C12H21N3O2S2. The highest BCUT2D eigenvalue weighted by molar-refractivity contribution is 7.91. The number of nitrogens with zero attached hydrogens (tertiary/aromatic N) is 2. The summed E-state index contributed by atoms with van der Waals surface area (Å²) in [6.45, 7) is 5.22. The van der Waals surface area contributed by atoms with Crippen molar-refractivity contribution in [3.05, 3.63) is 10.0 Å². The first kappa shape index (κ1) is 14.9. The van der Waals surface area contributed by atoms with Gasteiger partial charge in [-0.2, -0.15) is 0 Å². The Bertz CT molecular complexity index is 513. The van der Waals surface area contributed by atoms with Crippen LogP contribution in [0.3, 0.4) is 0 Å². The van der Waals surface area contributed by atoms with Gasteiger partial charge in [0.2, 0.25) is 0 Å². The second-order valence-corrected chi connectivity index (χ2v) is 8.26. The largest absolute Gasteiger partial charge is 0.308 e. The van der Waals surface area contributed by atoms with E-state index in [9.17, 15) is 8.42 Å². The van der Waals surface area contributed by atoms with Crippen molar-refractivity contribution >= 4 is 21.2 Å². The SMILES string of the molecule is CCCNC(CC)c1nnc(C2CCS(=O)(=O)C2)s1. The van der Waals surface area contributed by atoms with Gasteiger partial charge in [0.05, 0.1) is 17.5 Å². The topological polar surface area (TPSA) is 72.0 Å². The van der Waals surface area contributed by atoms with Crippen LogP contribution in [0.2, 0.25) is 0 Å². The molecule has 0 saturated carbocycles. The molecule has 1 saturated heterocycles. The van der Waals surface area contributed by atoms with Crippen molar-refractivity contribution in [2.24, 2.45) is 0 Å². The Morgan fingerprint density at radius 2 is 2.21 bits per heavy atom. The zero-order valence-electron chi connectivity index (χ0n) is 11.4. The predicted octanol–water partition coefficient (Wildman–Crippen LogP) is 1.89. The summed E-state index contributed by atoms with van der Waals surface area (Å²) in [5, 5.41) is 13.8. The van der Waals surface area contributed by atoms with Crippen LogP contribution in [-0.2, 0) is 9.84 Å². The minimum atomic E-state index is -2.85. The smallest absolute Gasteiger partial charge is 0.151 e. The molecule has 5 nitrogen and oxygen atoms in total. The van der Waals surface area contributed by atoms with E-state index in [2.05, 4.69) is 29.4 Å². The molecule has 19 heavy (non-hydrogen) atoms. The maximum Gasteiger partial charge on any atom is 0.151 e. The molecule has 0 aromatic carbocycles. The van der Waals surface area contributed by atoms with E-state index in [1.54, 1.807) is 11.3 Å². The van der Waals surface area contributed by atoms with Crippen LogP contribution in [0.1, 0.15) is 55.1 Å². The molecule has 0 bridgehead atoms. The van der Waals surface area contributed by atoms with Crippen molar-refractivity contribution in [2.75, 3.05) is 18.1 Å². The molecule has 1 N–H and O–H groups in total. The number of hydrogen-bond donors (Lipinski definition) is 1. The van der Waals surface area contributed by atoms with Crippen LogP contribution in [0.4, 0.5) is 0 Å². The van der Waals surface area contributed by atoms with Crippen LogP contribution < -0.4 is 5.32 Å². The lowest BCUT2D eigenvalue weighted by atomic mass is 10.1. The fourth-order valence-corrected chi connectivity index (χ4v) is 5.26. The summed E-state index contributed by atoms with van der Waals surface area (Å²) < 4.78 is 23.0. The Morgan fingerprint density at radius 1 is 1.42 bits per heavy atom. The van der Waals surface area contributed by atoms with Crippen molar-refractivity contribution in [1.29, 1.82) is 0 Å². The first-order chi connectivity index (χ1) is 9.05. The number of hydrogen-bond acceptors (Lipinski definition) is 6. The quantitative estimate of drug-likeness (QED) is 0.869. The van der Waals surface area contributed by atoms with Gasteiger partial charge in [-0.1, -0.05) is 25.2 Å². The van der Waals surface area contributed by atoms with Gasteiger partial charge in [0.25, 0.3) is 0 Å². The summed E-state index contributed by atoms with van der Waals surface area (Å²) in [6.07, 6.45) is 2.75. The summed E-state index contributed by atoms with van der Waals surface area (Å²) in [6, 6.07) is 0.240. The highest BCUT2D eigenvalue weighted by Gasteiger charge is 2.31. The fraction of sp³-hybridized carbons (Fsp3) is 0.833. The van der Waals surface area contributed by atoms with Crippen LogP contribution >= 0.6 is 11.3 Å². The number of nitrogens with one attached hydrogen (secondary N) is 1. The molecule has 108 valence electrons. The van der Waals surface area contributed by atoms with Crippen molar-refractivity contribution in [3.63, 3.8) is 0 Å². The molecule has 2 atom stereocenters. The van der Waals surface area contributed by atoms with Gasteiger partial charge >= 0.3 is 0 Å². The standard InChI is InChI=1S/C12H21N3O2S2/c1-3-6-13-10(4-2)12-15-14-11(18-12)9-5-7-19(16,17)8-9/h9-10,13H,3-8H2,1-2H3. The van der Waals surface area contributed by atoms with Gasteiger partial charge in [-0.25, -0.2) is 8.42 Å². The lowest BCUT2D eigenvalue weighted by Crippen LogP contribution is -2.21. The minimum Gasteiger partial charge on any atom is -0.308 e. The third kappa shape index (κ3) is 3.73. The van der Waals surface area contributed by atoms with E-state index in [4.69, 9.17) is 0 Å². The van der Waals surface area contributed by atoms with Crippen LogP contribution in [0.5, 0.6) is 0 Å². The molecule has 0 aliphatic carbocycles. The predicted molar refractivity (Wildman–Crippen MR) is 77.2 cm³/mol. The summed E-state index contributed by atoms with van der Waals surface area (Å²) in [4.78, 5) is 0. The van der Waals surface area contributed by atoms with E-state index >= 15 is 0 Å². The van der Waals surface area contributed by atoms with Gasteiger partial charge in [-0.15, -0.1) is 10.2 Å². The third-order valence-electron chi connectivity index (χ3n) is 3.39. The molecule has 2 heterocycles. The first-order valence-electron chi connectivity index (χ1n) is 6.82.